The van der Waals surface area contributed by atoms with Crippen molar-refractivity contribution in [3.05, 3.63) is 48.0 Å². The van der Waals surface area contributed by atoms with E-state index >= 15 is 0 Å². The number of hydrogen-bond acceptors (Lipinski definition) is 1. The van der Waals surface area contributed by atoms with E-state index in [1.54, 1.807) is 0 Å². The third-order valence-corrected chi connectivity index (χ3v) is 3.02. The van der Waals surface area contributed by atoms with Gasteiger partial charge in [-0.15, -0.1) is 0 Å². The molecule has 90 valence electrons. The summed E-state index contributed by atoms with van der Waals surface area (Å²) in [5.41, 5.74) is 1.43. The number of fused-ring (bicyclic) bond motifs is 1. The van der Waals surface area contributed by atoms with Crippen LogP contribution in [0.5, 0.6) is 0 Å². The summed E-state index contributed by atoms with van der Waals surface area (Å²) < 4.78 is 0. The molecule has 0 fully saturated rings. The molecule has 0 spiro atoms. The molecule has 0 aliphatic heterocycles. The van der Waals surface area contributed by atoms with E-state index in [0.29, 0.717) is 12.1 Å². The molecule has 0 aromatic heterocycles. The van der Waals surface area contributed by atoms with Crippen LogP contribution in [0.25, 0.3) is 10.8 Å². The predicted molar refractivity (Wildman–Crippen MR) is 75.4 cm³/mol. The Morgan fingerprint density at radius 1 is 0.941 bits per heavy atom. The first kappa shape index (κ1) is 12.1. The van der Waals surface area contributed by atoms with Gasteiger partial charge in [0.1, 0.15) is 0 Å². The minimum atomic E-state index is 0.515. The van der Waals surface area contributed by atoms with Gasteiger partial charge in [0.2, 0.25) is 0 Å². The van der Waals surface area contributed by atoms with E-state index < -0.39 is 0 Å². The van der Waals surface area contributed by atoms with Gasteiger partial charge in [-0.1, -0.05) is 56.3 Å². The lowest BCUT2D eigenvalue weighted by molar-refractivity contribution is 0.488. The maximum absolute atomic E-state index is 3.56. The lowest BCUT2D eigenvalue weighted by Crippen LogP contribution is -2.33. The van der Waals surface area contributed by atoms with Crippen molar-refractivity contribution in [1.29, 1.82) is 0 Å². The van der Waals surface area contributed by atoms with Crippen molar-refractivity contribution in [2.45, 2.75) is 39.3 Å². The monoisotopic (exact) mass is 227 g/mol. The molecule has 0 amide bonds. The molecular formula is C16H21N. The Bertz CT molecular complexity index is 482. The van der Waals surface area contributed by atoms with Crippen LogP contribution in [0, 0.1) is 0 Å². The van der Waals surface area contributed by atoms with E-state index in [-0.39, 0.29) is 0 Å². The maximum Gasteiger partial charge on any atom is 0.00817 e. The number of nitrogens with one attached hydrogen (secondary N) is 1. The second-order valence-corrected chi connectivity index (χ2v) is 5.06. The first-order chi connectivity index (χ1) is 8.16. The minimum absolute atomic E-state index is 0.515. The molecule has 0 saturated carbocycles. The molecule has 1 nitrogen and oxygen atoms in total. The minimum Gasteiger partial charge on any atom is -0.312 e. The zero-order chi connectivity index (χ0) is 12.3. The predicted octanol–water partition coefficient (Wildman–Crippen LogP) is 3.77. The molecule has 0 heterocycles. The van der Waals surface area contributed by atoms with Gasteiger partial charge in [-0.25, -0.2) is 0 Å². The summed E-state index contributed by atoms with van der Waals surface area (Å²) in [4.78, 5) is 0. The van der Waals surface area contributed by atoms with Crippen molar-refractivity contribution in [2.75, 3.05) is 0 Å². The summed E-state index contributed by atoms with van der Waals surface area (Å²) in [6, 6.07) is 16.2. The van der Waals surface area contributed by atoms with E-state index in [2.05, 4.69) is 68.6 Å². The largest absolute Gasteiger partial charge is 0.312 e. The Morgan fingerprint density at radius 2 is 1.65 bits per heavy atom. The van der Waals surface area contributed by atoms with Crippen LogP contribution in [0.2, 0.25) is 0 Å². The van der Waals surface area contributed by atoms with Gasteiger partial charge in [-0.2, -0.15) is 0 Å². The highest BCUT2D eigenvalue weighted by Gasteiger charge is 2.07. The summed E-state index contributed by atoms with van der Waals surface area (Å²) in [5.74, 6) is 0. The van der Waals surface area contributed by atoms with Crippen molar-refractivity contribution in [1.82, 2.24) is 5.32 Å². The second kappa shape index (κ2) is 5.33. The Balaban J connectivity index is 2.24. The quantitative estimate of drug-likeness (QED) is 0.838. The van der Waals surface area contributed by atoms with E-state index in [4.69, 9.17) is 0 Å². The van der Waals surface area contributed by atoms with Crippen LogP contribution in [0.1, 0.15) is 26.3 Å². The van der Waals surface area contributed by atoms with E-state index in [1.807, 2.05) is 0 Å². The highest BCUT2D eigenvalue weighted by molar-refractivity contribution is 5.85. The lowest BCUT2D eigenvalue weighted by Gasteiger charge is -2.17. The van der Waals surface area contributed by atoms with Crippen LogP contribution in [-0.2, 0) is 6.42 Å². The third-order valence-electron chi connectivity index (χ3n) is 3.02. The van der Waals surface area contributed by atoms with Crippen LogP contribution in [0.15, 0.2) is 42.5 Å². The average molecular weight is 227 g/mol. The average Bonchev–Trinajstić information content (AvgIpc) is 2.28. The summed E-state index contributed by atoms with van der Waals surface area (Å²) >= 11 is 0. The van der Waals surface area contributed by atoms with E-state index in [9.17, 15) is 0 Å². The number of rotatable bonds is 4. The number of hydrogen-bond donors (Lipinski definition) is 1. The smallest absolute Gasteiger partial charge is 0.00817 e. The molecule has 1 atom stereocenters. The van der Waals surface area contributed by atoms with Gasteiger partial charge in [-0.05, 0) is 29.7 Å². The normalized spacial score (nSPS) is 13.2. The van der Waals surface area contributed by atoms with Crippen LogP contribution in [-0.4, -0.2) is 12.1 Å². The number of benzene rings is 2. The molecule has 0 aliphatic carbocycles. The summed E-state index contributed by atoms with van der Waals surface area (Å²) in [7, 11) is 0. The highest BCUT2D eigenvalue weighted by atomic mass is 14.9. The molecule has 0 aliphatic rings. The molecule has 2 aromatic carbocycles. The molecular weight excluding hydrogens is 206 g/mol. The Labute approximate surface area is 104 Å². The summed E-state index contributed by atoms with van der Waals surface area (Å²) in [6.45, 7) is 6.64. The molecule has 1 heteroatoms. The summed E-state index contributed by atoms with van der Waals surface area (Å²) in [5, 5.41) is 6.27. The first-order valence-electron chi connectivity index (χ1n) is 6.39. The van der Waals surface area contributed by atoms with Gasteiger partial charge < -0.3 is 5.32 Å². The topological polar surface area (TPSA) is 12.0 Å². The molecule has 0 bridgehead atoms. The zero-order valence-electron chi connectivity index (χ0n) is 10.9. The van der Waals surface area contributed by atoms with Crippen molar-refractivity contribution < 1.29 is 0 Å². The lowest BCUT2D eigenvalue weighted by atomic mass is 9.99. The third kappa shape index (κ3) is 3.07. The molecule has 0 radical (unpaired) electrons. The van der Waals surface area contributed by atoms with Crippen molar-refractivity contribution >= 4 is 10.8 Å². The van der Waals surface area contributed by atoms with Gasteiger partial charge in [0.05, 0.1) is 0 Å². The van der Waals surface area contributed by atoms with Gasteiger partial charge in [0.15, 0.2) is 0 Å². The summed E-state index contributed by atoms with van der Waals surface area (Å²) in [6.07, 6.45) is 1.08. The Hall–Kier alpha value is -1.34. The van der Waals surface area contributed by atoms with Gasteiger partial charge in [0.25, 0.3) is 0 Å². The fraction of sp³-hybridized carbons (Fsp3) is 0.375. The van der Waals surface area contributed by atoms with Crippen molar-refractivity contribution in [3.8, 4) is 0 Å². The van der Waals surface area contributed by atoms with Crippen molar-refractivity contribution in [3.63, 3.8) is 0 Å². The SMILES string of the molecule is CC(C)N[C@H](C)Cc1cccc2ccccc12. The highest BCUT2D eigenvalue weighted by Crippen LogP contribution is 2.19. The molecule has 0 saturated heterocycles. The molecule has 2 aromatic rings. The van der Waals surface area contributed by atoms with Crippen LogP contribution < -0.4 is 5.32 Å². The Morgan fingerprint density at radius 3 is 2.41 bits per heavy atom. The Kier molecular flexibility index (Phi) is 3.80. The van der Waals surface area contributed by atoms with Crippen LogP contribution >= 0.6 is 0 Å². The van der Waals surface area contributed by atoms with Gasteiger partial charge in [0, 0.05) is 12.1 Å². The fourth-order valence-corrected chi connectivity index (χ4v) is 2.43. The fourth-order valence-electron chi connectivity index (χ4n) is 2.43. The standard InChI is InChI=1S/C16H21N/c1-12(2)17-13(3)11-15-9-6-8-14-7-4-5-10-16(14)15/h4-10,12-13,17H,11H2,1-3H3/t13-/m1/s1. The van der Waals surface area contributed by atoms with Crippen LogP contribution in [0.4, 0.5) is 0 Å². The zero-order valence-corrected chi connectivity index (χ0v) is 10.9. The van der Waals surface area contributed by atoms with Crippen LogP contribution in [0.3, 0.4) is 0 Å². The molecule has 0 unspecified atom stereocenters. The molecule has 2 rings (SSSR count). The van der Waals surface area contributed by atoms with E-state index in [0.717, 1.165) is 6.42 Å². The van der Waals surface area contributed by atoms with Gasteiger partial charge >= 0.3 is 0 Å². The van der Waals surface area contributed by atoms with Gasteiger partial charge in [-0.3, -0.25) is 0 Å². The molecule has 17 heavy (non-hydrogen) atoms. The van der Waals surface area contributed by atoms with E-state index in [1.165, 1.54) is 16.3 Å². The van der Waals surface area contributed by atoms with Crippen molar-refractivity contribution in [2.24, 2.45) is 0 Å². The molecule has 1 N–H and O–H groups in total. The first-order valence-corrected chi connectivity index (χ1v) is 6.39. The maximum atomic E-state index is 3.56. The second-order valence-electron chi connectivity index (χ2n) is 5.06.